The average molecular weight is 311 g/mol. The zero-order valence-electron chi connectivity index (χ0n) is 13.4. The molecule has 2 heteroatoms. The van der Waals surface area contributed by atoms with Crippen LogP contribution < -0.4 is 5.56 Å². The molecule has 1 heterocycles. The zero-order valence-corrected chi connectivity index (χ0v) is 13.4. The molecule has 0 amide bonds. The van der Waals surface area contributed by atoms with Crippen LogP contribution in [0.4, 0.5) is 0 Å². The first-order chi connectivity index (χ1) is 11.7. The van der Waals surface area contributed by atoms with Gasteiger partial charge in [-0.1, -0.05) is 66.2 Å². The lowest BCUT2D eigenvalue weighted by atomic mass is 10.0. The Morgan fingerprint density at radius 2 is 1.42 bits per heavy atom. The smallest absolute Gasteiger partial charge is 0.263 e. The maximum absolute atomic E-state index is 13.2. The van der Waals surface area contributed by atoms with Crippen molar-refractivity contribution in [2.45, 2.75) is 6.92 Å². The first-order valence-corrected chi connectivity index (χ1v) is 8.01. The largest absolute Gasteiger partial charge is 0.276 e. The van der Waals surface area contributed by atoms with Gasteiger partial charge in [0.05, 0.1) is 5.69 Å². The van der Waals surface area contributed by atoms with E-state index in [1.54, 1.807) is 4.57 Å². The van der Waals surface area contributed by atoms with Crippen molar-refractivity contribution in [1.29, 1.82) is 0 Å². The number of aromatic nitrogens is 1. The van der Waals surface area contributed by atoms with Crippen LogP contribution in [0.25, 0.3) is 27.7 Å². The Kier molecular flexibility index (Phi) is 3.51. The summed E-state index contributed by atoms with van der Waals surface area (Å²) in [5, 5.41) is 1.72. The Morgan fingerprint density at radius 3 is 2.12 bits per heavy atom. The molecule has 0 aliphatic carbocycles. The summed E-state index contributed by atoms with van der Waals surface area (Å²) in [5.74, 6) is 0. The number of pyridine rings is 1. The summed E-state index contributed by atoms with van der Waals surface area (Å²) in [6, 6.07) is 27.9. The van der Waals surface area contributed by atoms with Gasteiger partial charge in [0.25, 0.3) is 5.56 Å². The van der Waals surface area contributed by atoms with Gasteiger partial charge in [-0.3, -0.25) is 9.36 Å². The van der Waals surface area contributed by atoms with Crippen LogP contribution >= 0.6 is 0 Å². The summed E-state index contributed by atoms with van der Waals surface area (Å²) < 4.78 is 1.80. The Labute approximate surface area is 140 Å². The molecule has 0 unspecified atom stereocenters. The van der Waals surface area contributed by atoms with Crippen LogP contribution in [0, 0.1) is 6.92 Å². The van der Waals surface area contributed by atoms with E-state index in [4.69, 9.17) is 0 Å². The number of nitrogens with zero attached hydrogens (tertiary/aromatic N) is 1. The maximum atomic E-state index is 13.2. The van der Waals surface area contributed by atoms with Crippen molar-refractivity contribution in [3.63, 3.8) is 0 Å². The number of fused-ring (bicyclic) bond motifs is 1. The molecule has 0 bridgehead atoms. The van der Waals surface area contributed by atoms with Crippen LogP contribution in [0.5, 0.6) is 0 Å². The number of rotatable bonds is 2. The molecule has 4 rings (SSSR count). The summed E-state index contributed by atoms with van der Waals surface area (Å²) >= 11 is 0. The van der Waals surface area contributed by atoms with Gasteiger partial charge in [-0.2, -0.15) is 0 Å². The summed E-state index contributed by atoms with van der Waals surface area (Å²) in [6.07, 6.45) is 0. The SMILES string of the molecule is Cc1ccc2c(=O)n(-c3ccccc3)c(-c3ccccc3)cc2c1. The van der Waals surface area contributed by atoms with E-state index in [0.29, 0.717) is 0 Å². The molecule has 2 nitrogen and oxygen atoms in total. The van der Waals surface area contributed by atoms with E-state index < -0.39 is 0 Å². The highest BCUT2D eigenvalue weighted by molar-refractivity contribution is 5.86. The summed E-state index contributed by atoms with van der Waals surface area (Å²) in [5.41, 5.74) is 3.98. The van der Waals surface area contributed by atoms with Crippen LogP contribution in [0.3, 0.4) is 0 Å². The second kappa shape index (κ2) is 5.82. The highest BCUT2D eigenvalue weighted by atomic mass is 16.1. The minimum atomic E-state index is 0.0116. The van der Waals surface area contributed by atoms with Gasteiger partial charge in [0, 0.05) is 11.1 Å². The van der Waals surface area contributed by atoms with Crippen molar-refractivity contribution in [3.8, 4) is 16.9 Å². The molecule has 0 atom stereocenters. The third kappa shape index (κ3) is 2.42. The van der Waals surface area contributed by atoms with E-state index in [9.17, 15) is 4.79 Å². The third-order valence-electron chi connectivity index (χ3n) is 4.26. The number of benzene rings is 3. The number of hydrogen-bond acceptors (Lipinski definition) is 1. The Balaban J connectivity index is 2.14. The summed E-state index contributed by atoms with van der Waals surface area (Å²) in [4.78, 5) is 13.2. The maximum Gasteiger partial charge on any atom is 0.263 e. The normalized spacial score (nSPS) is 10.9. The molecule has 0 aliphatic heterocycles. The highest BCUT2D eigenvalue weighted by Crippen LogP contribution is 2.25. The molecule has 4 aromatic rings. The van der Waals surface area contributed by atoms with Gasteiger partial charge in [-0.05, 0) is 42.1 Å². The molecule has 0 spiro atoms. The van der Waals surface area contributed by atoms with E-state index in [-0.39, 0.29) is 5.56 Å². The van der Waals surface area contributed by atoms with E-state index in [1.165, 1.54) is 0 Å². The second-order valence-corrected chi connectivity index (χ2v) is 5.96. The molecule has 0 aliphatic rings. The summed E-state index contributed by atoms with van der Waals surface area (Å²) in [7, 11) is 0. The molecule has 1 aromatic heterocycles. The average Bonchev–Trinajstić information content (AvgIpc) is 2.63. The molecule has 0 saturated carbocycles. The van der Waals surface area contributed by atoms with Gasteiger partial charge < -0.3 is 0 Å². The van der Waals surface area contributed by atoms with Crippen molar-refractivity contribution in [2.75, 3.05) is 0 Å². The van der Waals surface area contributed by atoms with Crippen LogP contribution in [0.15, 0.2) is 89.7 Å². The fourth-order valence-electron chi connectivity index (χ4n) is 3.09. The quantitative estimate of drug-likeness (QED) is 0.512. The number of aryl methyl sites for hydroxylation is 1. The van der Waals surface area contributed by atoms with Crippen molar-refractivity contribution < 1.29 is 0 Å². The number of para-hydroxylation sites is 1. The predicted octanol–water partition coefficient (Wildman–Crippen LogP) is 4.97. The molecule has 0 N–H and O–H groups in total. The molecule has 0 saturated heterocycles. The first-order valence-electron chi connectivity index (χ1n) is 8.01. The van der Waals surface area contributed by atoms with E-state index in [0.717, 1.165) is 33.3 Å². The van der Waals surface area contributed by atoms with Crippen LogP contribution in [0.1, 0.15) is 5.56 Å². The van der Waals surface area contributed by atoms with Gasteiger partial charge in [0.15, 0.2) is 0 Å². The molecule has 0 fully saturated rings. The van der Waals surface area contributed by atoms with Gasteiger partial charge in [-0.15, -0.1) is 0 Å². The lowest BCUT2D eigenvalue weighted by Crippen LogP contribution is -2.20. The molecule has 24 heavy (non-hydrogen) atoms. The minimum Gasteiger partial charge on any atom is -0.276 e. The van der Waals surface area contributed by atoms with E-state index in [1.807, 2.05) is 79.7 Å². The van der Waals surface area contributed by atoms with Crippen LogP contribution in [-0.4, -0.2) is 4.57 Å². The van der Waals surface area contributed by atoms with Gasteiger partial charge in [0.1, 0.15) is 0 Å². The fraction of sp³-hybridized carbons (Fsp3) is 0.0455. The minimum absolute atomic E-state index is 0.0116. The van der Waals surface area contributed by atoms with Gasteiger partial charge in [-0.25, -0.2) is 0 Å². The topological polar surface area (TPSA) is 22.0 Å². The molecular weight excluding hydrogens is 294 g/mol. The Hall–Kier alpha value is -3.13. The molecule has 116 valence electrons. The Morgan fingerprint density at radius 1 is 0.750 bits per heavy atom. The predicted molar refractivity (Wildman–Crippen MR) is 99.7 cm³/mol. The van der Waals surface area contributed by atoms with Gasteiger partial charge in [0.2, 0.25) is 0 Å². The summed E-state index contributed by atoms with van der Waals surface area (Å²) in [6.45, 7) is 2.05. The monoisotopic (exact) mass is 311 g/mol. The standard InChI is InChI=1S/C22H17NO/c1-16-12-13-20-18(14-16)15-21(17-8-4-2-5-9-17)23(22(20)24)19-10-6-3-7-11-19/h2-15H,1H3. The van der Waals surface area contributed by atoms with Crippen molar-refractivity contribution in [2.24, 2.45) is 0 Å². The molecular formula is C22H17NO. The van der Waals surface area contributed by atoms with Crippen molar-refractivity contribution in [1.82, 2.24) is 4.57 Å². The first kappa shape index (κ1) is 14.5. The highest BCUT2D eigenvalue weighted by Gasteiger charge is 2.12. The fourth-order valence-corrected chi connectivity index (χ4v) is 3.09. The lowest BCUT2D eigenvalue weighted by Gasteiger charge is -2.15. The van der Waals surface area contributed by atoms with Crippen LogP contribution in [-0.2, 0) is 0 Å². The Bertz CT molecular complexity index is 1060. The molecule has 3 aromatic carbocycles. The van der Waals surface area contributed by atoms with Gasteiger partial charge >= 0.3 is 0 Å². The second-order valence-electron chi connectivity index (χ2n) is 5.96. The number of hydrogen-bond donors (Lipinski definition) is 0. The van der Waals surface area contributed by atoms with Crippen LogP contribution in [0.2, 0.25) is 0 Å². The van der Waals surface area contributed by atoms with E-state index in [2.05, 4.69) is 12.1 Å². The molecule has 0 radical (unpaired) electrons. The third-order valence-corrected chi connectivity index (χ3v) is 4.26. The van der Waals surface area contributed by atoms with Crippen molar-refractivity contribution in [3.05, 3.63) is 101 Å². The van der Waals surface area contributed by atoms with E-state index >= 15 is 0 Å². The van der Waals surface area contributed by atoms with Crippen molar-refractivity contribution >= 4 is 10.8 Å². The lowest BCUT2D eigenvalue weighted by molar-refractivity contribution is 1.02. The zero-order chi connectivity index (χ0) is 16.5.